The van der Waals surface area contributed by atoms with Crippen LogP contribution in [0.5, 0.6) is 11.5 Å². The smallest absolute Gasteiger partial charge is 0.416 e. The topological polar surface area (TPSA) is 89.9 Å². The van der Waals surface area contributed by atoms with Gasteiger partial charge in [0.25, 0.3) is 5.65 Å². The second-order valence-corrected chi connectivity index (χ2v) is 8.16. The number of nitrogen functional groups attached to an aromatic ring is 1. The van der Waals surface area contributed by atoms with E-state index in [1.165, 1.54) is 24.2 Å². The fourth-order valence-corrected chi connectivity index (χ4v) is 4.23. The highest BCUT2D eigenvalue weighted by atomic mass is 32.2. The minimum atomic E-state index is -4.38. The van der Waals surface area contributed by atoms with Crippen LogP contribution in [0.3, 0.4) is 0 Å². The lowest BCUT2D eigenvalue weighted by molar-refractivity contribution is -0.675. The molecule has 11 heteroatoms. The Morgan fingerprint density at radius 1 is 1.12 bits per heavy atom. The van der Waals surface area contributed by atoms with Gasteiger partial charge in [0.2, 0.25) is 17.3 Å². The number of nitrogens with two attached hydrogens (primary N) is 1. The molecule has 4 rings (SSSR count). The number of hydrogen-bond acceptors (Lipinski definition) is 6. The predicted octanol–water partition coefficient (Wildman–Crippen LogP) is 4.26. The normalized spacial score (nSPS) is 11.7. The summed E-state index contributed by atoms with van der Waals surface area (Å²) in [6, 6.07) is 10.7. The molecule has 2 aromatic heterocycles. The van der Waals surface area contributed by atoms with Gasteiger partial charge in [-0.25, -0.2) is 4.57 Å². The Kier molecular flexibility index (Phi) is 6.32. The number of ether oxygens (including phenoxy) is 2. The molecule has 0 saturated carbocycles. The Balaban J connectivity index is 1.61. The van der Waals surface area contributed by atoms with Crippen molar-refractivity contribution >= 4 is 28.7 Å². The molecule has 7 nitrogen and oxygen atoms in total. The second-order valence-electron chi connectivity index (χ2n) is 7.13. The minimum absolute atomic E-state index is 0.275. The summed E-state index contributed by atoms with van der Waals surface area (Å²) in [6.07, 6.45) is -2.48. The zero-order chi connectivity index (χ0) is 23.6. The highest BCUT2D eigenvalue weighted by molar-refractivity contribution is 7.99. The van der Waals surface area contributed by atoms with E-state index in [0.29, 0.717) is 46.3 Å². The van der Waals surface area contributed by atoms with Crippen molar-refractivity contribution in [1.82, 2.24) is 15.0 Å². The number of methoxy groups -OCH3 is 2. The summed E-state index contributed by atoms with van der Waals surface area (Å²) in [5.41, 5.74) is 7.03. The van der Waals surface area contributed by atoms with Crippen LogP contribution in [-0.2, 0) is 19.1 Å². The van der Waals surface area contributed by atoms with E-state index >= 15 is 0 Å². The van der Waals surface area contributed by atoms with Crippen LogP contribution in [0.1, 0.15) is 11.1 Å². The molecule has 2 heterocycles. The summed E-state index contributed by atoms with van der Waals surface area (Å²) in [6.45, 7) is 0.378. The van der Waals surface area contributed by atoms with Crippen molar-refractivity contribution in [3.05, 3.63) is 59.9 Å². The summed E-state index contributed by atoms with van der Waals surface area (Å²) < 4.78 is 51.5. The number of H-pyrrole nitrogens is 1. The Labute approximate surface area is 191 Å². The van der Waals surface area contributed by atoms with Gasteiger partial charge < -0.3 is 20.2 Å². The fraction of sp³-hybridized carbons (Fsp3) is 0.227. The number of nitrogens with one attached hydrogen (secondary N) is 1. The monoisotopic (exact) mass is 476 g/mol. The van der Waals surface area contributed by atoms with Gasteiger partial charge in [-0.3, -0.25) is 0 Å². The summed E-state index contributed by atoms with van der Waals surface area (Å²) in [5.74, 6) is 1.61. The van der Waals surface area contributed by atoms with Gasteiger partial charge in [0.05, 0.1) is 31.2 Å². The lowest BCUT2D eigenvalue weighted by Crippen LogP contribution is -2.36. The number of benzene rings is 2. The Hall–Kier alpha value is -3.47. The number of aromatic nitrogens is 4. The molecule has 33 heavy (non-hydrogen) atoms. The third-order valence-corrected chi connectivity index (χ3v) is 5.93. The van der Waals surface area contributed by atoms with Crippen LogP contribution in [0.4, 0.5) is 19.0 Å². The number of halogens is 3. The first-order valence-electron chi connectivity index (χ1n) is 9.88. The van der Waals surface area contributed by atoms with Gasteiger partial charge >= 0.3 is 6.18 Å². The maximum absolute atomic E-state index is 13.0. The molecule has 0 saturated heterocycles. The fourth-order valence-electron chi connectivity index (χ4n) is 3.31. The van der Waals surface area contributed by atoms with E-state index in [-0.39, 0.29) is 5.82 Å². The maximum Gasteiger partial charge on any atom is 0.416 e. The average Bonchev–Trinajstić information content (AvgIpc) is 3.23. The Bertz CT molecular complexity index is 1290. The van der Waals surface area contributed by atoms with E-state index in [1.807, 2.05) is 6.07 Å². The second kappa shape index (κ2) is 9.18. The molecule has 4 aromatic rings. The third-order valence-electron chi connectivity index (χ3n) is 5.00. The molecular weight excluding hydrogens is 455 g/mol. The van der Waals surface area contributed by atoms with Crippen LogP contribution in [-0.4, -0.2) is 29.2 Å². The van der Waals surface area contributed by atoms with E-state index in [0.717, 1.165) is 17.0 Å². The van der Waals surface area contributed by atoms with Crippen molar-refractivity contribution in [2.24, 2.45) is 0 Å². The number of anilines is 1. The molecule has 0 aliphatic carbocycles. The molecule has 0 amide bonds. The van der Waals surface area contributed by atoms with Gasteiger partial charge in [0, 0.05) is 6.42 Å². The molecule has 0 bridgehead atoms. The summed E-state index contributed by atoms with van der Waals surface area (Å²) in [7, 11) is 3.16. The van der Waals surface area contributed by atoms with Crippen LogP contribution in [0.2, 0.25) is 0 Å². The number of fused-ring (bicyclic) bond motifs is 1. The lowest BCUT2D eigenvalue weighted by Gasteiger charge is -2.08. The lowest BCUT2D eigenvalue weighted by atomic mass is 10.1. The van der Waals surface area contributed by atoms with Gasteiger partial charge in [-0.15, -0.1) is 0 Å². The van der Waals surface area contributed by atoms with Crippen molar-refractivity contribution in [1.29, 1.82) is 0 Å². The van der Waals surface area contributed by atoms with Crippen LogP contribution >= 0.6 is 11.8 Å². The number of hydrogen-bond donors (Lipinski definition) is 2. The van der Waals surface area contributed by atoms with Gasteiger partial charge in [0.1, 0.15) is 11.5 Å². The maximum atomic E-state index is 13.0. The van der Waals surface area contributed by atoms with Crippen molar-refractivity contribution in [3.8, 4) is 11.5 Å². The molecule has 0 unspecified atom stereocenters. The molecule has 0 aliphatic heterocycles. The van der Waals surface area contributed by atoms with Gasteiger partial charge in [-0.05, 0) is 41.6 Å². The number of aromatic amines is 1. The minimum Gasteiger partial charge on any atom is -0.497 e. The predicted molar refractivity (Wildman–Crippen MR) is 117 cm³/mol. The van der Waals surface area contributed by atoms with Crippen molar-refractivity contribution < 1.29 is 27.2 Å². The molecule has 0 fully saturated rings. The number of alkyl halides is 3. The molecule has 172 valence electrons. The quantitative estimate of drug-likeness (QED) is 0.388. The number of rotatable bonds is 7. The number of nitrogens with zero attached hydrogens (tertiary/aromatic N) is 3. The van der Waals surface area contributed by atoms with Crippen LogP contribution in [0.25, 0.3) is 11.2 Å². The molecule has 3 N–H and O–H groups in total. The SMILES string of the molecule is COc1ccc(OC)c(Sc2nc3c([nH]2)c(N)nc[n+]3CCc2cccc(C(F)(F)F)c2)c1. The van der Waals surface area contributed by atoms with Crippen molar-refractivity contribution in [2.75, 3.05) is 20.0 Å². The first-order chi connectivity index (χ1) is 15.8. The standard InChI is InChI=1S/C22H20F3N5O2S/c1-31-15-6-7-16(32-2)17(11-15)33-21-28-18-19(26)27-12-30(20(18)29-21)9-8-13-4-3-5-14(10-13)22(23,24)25/h3-7,10-12H,8-9H2,1-2H3,(H2,26,28,29)/p+1. The van der Waals surface area contributed by atoms with E-state index in [1.54, 1.807) is 37.0 Å². The average molecular weight is 477 g/mol. The van der Waals surface area contributed by atoms with Crippen LogP contribution in [0, 0.1) is 0 Å². The van der Waals surface area contributed by atoms with Crippen molar-refractivity contribution in [3.63, 3.8) is 0 Å². The molecule has 0 aliphatic rings. The zero-order valence-electron chi connectivity index (χ0n) is 17.8. The molecule has 0 atom stereocenters. The summed E-state index contributed by atoms with van der Waals surface area (Å²) in [4.78, 5) is 12.8. The summed E-state index contributed by atoms with van der Waals surface area (Å²) >= 11 is 1.34. The highest BCUT2D eigenvalue weighted by Gasteiger charge is 2.30. The number of imidazole rings is 1. The van der Waals surface area contributed by atoms with E-state index in [9.17, 15) is 13.2 Å². The largest absolute Gasteiger partial charge is 0.497 e. The van der Waals surface area contributed by atoms with Crippen LogP contribution in [0.15, 0.2) is 58.8 Å². The molecule has 2 aromatic carbocycles. The first kappa shape index (κ1) is 22.7. The van der Waals surface area contributed by atoms with Crippen LogP contribution < -0.4 is 19.8 Å². The zero-order valence-corrected chi connectivity index (χ0v) is 18.6. The highest BCUT2D eigenvalue weighted by Crippen LogP contribution is 2.37. The third kappa shape index (κ3) is 4.98. The first-order valence-corrected chi connectivity index (χ1v) is 10.7. The molecule has 0 spiro atoms. The van der Waals surface area contributed by atoms with Gasteiger partial charge in [0.15, 0.2) is 5.52 Å². The number of aryl methyl sites for hydroxylation is 2. The van der Waals surface area contributed by atoms with E-state index < -0.39 is 11.7 Å². The summed E-state index contributed by atoms with van der Waals surface area (Å²) in [5, 5.41) is 0.559. The molecular formula is C22H21F3N5O2S+. The van der Waals surface area contributed by atoms with E-state index in [4.69, 9.17) is 15.2 Å². The molecule has 0 radical (unpaired) electrons. The van der Waals surface area contributed by atoms with Crippen molar-refractivity contribution in [2.45, 2.75) is 29.2 Å². The van der Waals surface area contributed by atoms with Gasteiger partial charge in [-0.2, -0.15) is 13.2 Å². The Morgan fingerprint density at radius 3 is 2.67 bits per heavy atom. The van der Waals surface area contributed by atoms with E-state index in [2.05, 4.69) is 15.0 Å². The van der Waals surface area contributed by atoms with Gasteiger partial charge in [-0.1, -0.05) is 28.2 Å². The Morgan fingerprint density at radius 2 is 1.94 bits per heavy atom.